The predicted molar refractivity (Wildman–Crippen MR) is 118 cm³/mol. The number of rotatable bonds is 6. The third-order valence-corrected chi connectivity index (χ3v) is 5.70. The highest BCUT2D eigenvalue weighted by molar-refractivity contribution is 5.95. The molecule has 2 aromatic carbocycles. The number of aromatic nitrogens is 1. The van der Waals surface area contributed by atoms with Gasteiger partial charge in [-0.25, -0.2) is 0 Å². The lowest BCUT2D eigenvalue weighted by Crippen LogP contribution is -2.36. The molecule has 1 aliphatic heterocycles. The molecule has 3 aromatic rings. The number of fused-ring (bicyclic) bond motifs is 3. The number of methoxy groups -OCH3 is 2. The van der Waals surface area contributed by atoms with Gasteiger partial charge in [0.25, 0.3) is 5.56 Å². The topological polar surface area (TPSA) is 43.7 Å². The van der Waals surface area contributed by atoms with E-state index in [-0.39, 0.29) is 5.56 Å². The number of nitrogens with zero attached hydrogens (tertiary/aromatic N) is 2. The van der Waals surface area contributed by atoms with Crippen molar-refractivity contribution in [3.8, 4) is 11.5 Å². The molecule has 0 radical (unpaired) electrons. The molecule has 2 heterocycles. The van der Waals surface area contributed by atoms with Crippen molar-refractivity contribution in [2.75, 3.05) is 32.2 Å². The fraction of sp³-hybridized carbons (Fsp3) is 0.375. The van der Waals surface area contributed by atoms with Gasteiger partial charge in [-0.3, -0.25) is 4.79 Å². The minimum absolute atomic E-state index is 0.120. The maximum Gasteiger partial charge on any atom is 0.256 e. The standard InChI is InChI=1S/C24H28N2O3/c1-4-13-25-14-5-6-20-23(25)21-15-19(29-3)11-12-22(21)26(24(20)27)16-17-7-9-18(28-2)10-8-17/h7-12,15H,4-6,13-14,16H2,1-3H3. The minimum Gasteiger partial charge on any atom is -0.497 e. The second kappa shape index (κ2) is 8.19. The van der Waals surface area contributed by atoms with Gasteiger partial charge in [0.2, 0.25) is 0 Å². The molecule has 0 atom stereocenters. The summed E-state index contributed by atoms with van der Waals surface area (Å²) in [7, 11) is 3.34. The normalized spacial score (nSPS) is 13.4. The van der Waals surface area contributed by atoms with Gasteiger partial charge < -0.3 is 18.9 Å². The molecule has 4 rings (SSSR count). The van der Waals surface area contributed by atoms with E-state index in [1.54, 1.807) is 14.2 Å². The van der Waals surface area contributed by atoms with Crippen molar-refractivity contribution in [1.82, 2.24) is 4.57 Å². The fourth-order valence-corrected chi connectivity index (χ4v) is 4.31. The molecule has 5 nitrogen and oxygen atoms in total. The lowest BCUT2D eigenvalue weighted by molar-refractivity contribution is 0.414. The third kappa shape index (κ3) is 3.57. The van der Waals surface area contributed by atoms with Crippen molar-refractivity contribution in [1.29, 1.82) is 0 Å². The SMILES string of the molecule is CCCN1CCCc2c1c1cc(OC)ccc1n(Cc1ccc(OC)cc1)c2=O. The maximum atomic E-state index is 13.5. The lowest BCUT2D eigenvalue weighted by Gasteiger charge is -2.33. The van der Waals surface area contributed by atoms with Crippen LogP contribution in [-0.2, 0) is 13.0 Å². The van der Waals surface area contributed by atoms with Crippen molar-refractivity contribution in [2.24, 2.45) is 0 Å². The van der Waals surface area contributed by atoms with Crippen LogP contribution in [0.2, 0.25) is 0 Å². The second-order valence-corrected chi connectivity index (χ2v) is 7.54. The summed E-state index contributed by atoms with van der Waals surface area (Å²) in [5.41, 5.74) is 4.18. The Kier molecular flexibility index (Phi) is 5.47. The number of hydrogen-bond donors (Lipinski definition) is 0. The molecular formula is C24H28N2O3. The highest BCUT2D eigenvalue weighted by Crippen LogP contribution is 2.35. The third-order valence-electron chi connectivity index (χ3n) is 5.70. The Morgan fingerprint density at radius 3 is 2.41 bits per heavy atom. The van der Waals surface area contributed by atoms with Crippen LogP contribution >= 0.6 is 0 Å². The summed E-state index contributed by atoms with van der Waals surface area (Å²) < 4.78 is 12.7. The van der Waals surface area contributed by atoms with Crippen molar-refractivity contribution in [3.05, 3.63) is 63.9 Å². The van der Waals surface area contributed by atoms with Gasteiger partial charge in [-0.15, -0.1) is 0 Å². The summed E-state index contributed by atoms with van der Waals surface area (Å²) in [6.45, 7) is 4.67. The van der Waals surface area contributed by atoms with Gasteiger partial charge in [0, 0.05) is 24.0 Å². The summed E-state index contributed by atoms with van der Waals surface area (Å²) >= 11 is 0. The number of benzene rings is 2. The smallest absolute Gasteiger partial charge is 0.256 e. The van der Waals surface area contributed by atoms with Gasteiger partial charge in [-0.2, -0.15) is 0 Å². The zero-order chi connectivity index (χ0) is 20.4. The van der Waals surface area contributed by atoms with Crippen LogP contribution in [0.3, 0.4) is 0 Å². The van der Waals surface area contributed by atoms with Crippen LogP contribution in [0.15, 0.2) is 47.3 Å². The van der Waals surface area contributed by atoms with Gasteiger partial charge in [0.15, 0.2) is 0 Å². The van der Waals surface area contributed by atoms with Gasteiger partial charge in [-0.05, 0) is 55.2 Å². The highest BCUT2D eigenvalue weighted by Gasteiger charge is 2.24. The highest BCUT2D eigenvalue weighted by atomic mass is 16.5. The van der Waals surface area contributed by atoms with Gasteiger partial charge in [0.05, 0.1) is 32.0 Å². The van der Waals surface area contributed by atoms with Crippen LogP contribution in [0.1, 0.15) is 30.9 Å². The van der Waals surface area contributed by atoms with E-state index in [0.29, 0.717) is 6.54 Å². The monoisotopic (exact) mass is 392 g/mol. The van der Waals surface area contributed by atoms with E-state index in [4.69, 9.17) is 9.47 Å². The van der Waals surface area contributed by atoms with E-state index in [0.717, 1.165) is 71.6 Å². The quantitative estimate of drug-likeness (QED) is 0.630. The number of hydrogen-bond acceptors (Lipinski definition) is 4. The van der Waals surface area contributed by atoms with E-state index in [1.807, 2.05) is 41.0 Å². The summed E-state index contributed by atoms with van der Waals surface area (Å²) in [6.07, 6.45) is 2.89. The molecule has 0 amide bonds. The summed E-state index contributed by atoms with van der Waals surface area (Å²) in [5.74, 6) is 1.63. The first-order valence-electron chi connectivity index (χ1n) is 10.3. The Balaban J connectivity index is 1.91. The molecule has 0 aliphatic carbocycles. The van der Waals surface area contributed by atoms with Crippen LogP contribution < -0.4 is 19.9 Å². The lowest BCUT2D eigenvalue weighted by atomic mass is 9.98. The molecule has 0 saturated heterocycles. The Bertz CT molecular complexity index is 1070. The zero-order valence-electron chi connectivity index (χ0n) is 17.4. The van der Waals surface area contributed by atoms with Gasteiger partial charge >= 0.3 is 0 Å². The van der Waals surface area contributed by atoms with Crippen LogP contribution in [0.4, 0.5) is 5.69 Å². The summed E-state index contributed by atoms with van der Waals surface area (Å²) in [4.78, 5) is 15.9. The molecule has 29 heavy (non-hydrogen) atoms. The molecule has 0 fully saturated rings. The van der Waals surface area contributed by atoms with Crippen LogP contribution in [-0.4, -0.2) is 31.9 Å². The van der Waals surface area contributed by atoms with Gasteiger partial charge in [0.1, 0.15) is 11.5 Å². The van der Waals surface area contributed by atoms with Crippen LogP contribution in [0, 0.1) is 0 Å². The van der Waals surface area contributed by atoms with E-state index in [9.17, 15) is 4.79 Å². The largest absolute Gasteiger partial charge is 0.497 e. The fourth-order valence-electron chi connectivity index (χ4n) is 4.31. The Morgan fingerprint density at radius 1 is 1.00 bits per heavy atom. The van der Waals surface area contributed by atoms with Crippen molar-refractivity contribution < 1.29 is 9.47 Å². The summed E-state index contributed by atoms with van der Waals surface area (Å²) in [5, 5.41) is 1.10. The molecule has 1 aliphatic rings. The molecule has 0 saturated carbocycles. The first-order valence-corrected chi connectivity index (χ1v) is 10.3. The zero-order valence-corrected chi connectivity index (χ0v) is 17.4. The molecule has 0 bridgehead atoms. The van der Waals surface area contributed by atoms with Crippen LogP contribution in [0.25, 0.3) is 10.9 Å². The molecule has 0 spiro atoms. The Labute approximate surface area is 171 Å². The van der Waals surface area contributed by atoms with Crippen molar-refractivity contribution in [2.45, 2.75) is 32.7 Å². The van der Waals surface area contributed by atoms with Crippen molar-refractivity contribution >= 4 is 16.6 Å². The number of pyridine rings is 1. The summed E-state index contributed by atoms with van der Waals surface area (Å²) in [6, 6.07) is 13.9. The Hall–Kier alpha value is -2.95. The molecule has 152 valence electrons. The Morgan fingerprint density at radius 2 is 1.72 bits per heavy atom. The van der Waals surface area contributed by atoms with E-state index in [2.05, 4.69) is 17.9 Å². The first-order chi connectivity index (χ1) is 14.2. The number of ether oxygens (including phenoxy) is 2. The number of anilines is 1. The average Bonchev–Trinajstić information content (AvgIpc) is 2.77. The molecular weight excluding hydrogens is 364 g/mol. The minimum atomic E-state index is 0.120. The van der Waals surface area contributed by atoms with E-state index in [1.165, 1.54) is 0 Å². The first kappa shape index (κ1) is 19.4. The average molecular weight is 392 g/mol. The molecule has 0 N–H and O–H groups in total. The van der Waals surface area contributed by atoms with Crippen molar-refractivity contribution in [3.63, 3.8) is 0 Å². The van der Waals surface area contributed by atoms with Gasteiger partial charge in [-0.1, -0.05) is 19.1 Å². The molecule has 1 aromatic heterocycles. The molecule has 0 unspecified atom stereocenters. The van der Waals surface area contributed by atoms with E-state index >= 15 is 0 Å². The second-order valence-electron chi connectivity index (χ2n) is 7.54. The van der Waals surface area contributed by atoms with Crippen LogP contribution in [0.5, 0.6) is 11.5 Å². The maximum absolute atomic E-state index is 13.5. The van der Waals surface area contributed by atoms with E-state index < -0.39 is 0 Å². The molecule has 5 heteroatoms. The predicted octanol–water partition coefficient (Wildman–Crippen LogP) is 4.23.